The predicted octanol–water partition coefficient (Wildman–Crippen LogP) is 4.95. The second kappa shape index (κ2) is 9.27. The topological polar surface area (TPSA) is 99.0 Å². The normalized spacial score (nSPS) is 17.3. The largest absolute Gasteiger partial charge is 0.452 e. The van der Waals surface area contributed by atoms with Gasteiger partial charge in [-0.2, -0.15) is 18.3 Å². The van der Waals surface area contributed by atoms with E-state index in [1.165, 1.54) is 48.1 Å². The molecule has 0 bridgehead atoms. The fourth-order valence-electron chi connectivity index (χ4n) is 4.56. The van der Waals surface area contributed by atoms with Crippen molar-refractivity contribution < 1.29 is 27.0 Å². The van der Waals surface area contributed by atoms with Gasteiger partial charge in [-0.15, -0.1) is 0 Å². The monoisotopic (exact) mass is 540 g/mol. The molecule has 1 saturated heterocycles. The standard InChI is InChI=1S/C26H20F4N6O3/c1-35-21-20(9-10-31-24(21)34-25(35)37)39-19-8-7-14(11-17(19)27)33-18-13-38-22(18)16-12-32-36(23(16)26(28,29)30)15-5-3-2-4-6-15/h2-12,18,22,33H,13H2,1H3,(H,31,34,37). The molecule has 1 aliphatic rings. The van der Waals surface area contributed by atoms with Gasteiger partial charge in [0.05, 0.1) is 24.5 Å². The predicted molar refractivity (Wildman–Crippen MR) is 132 cm³/mol. The molecule has 39 heavy (non-hydrogen) atoms. The summed E-state index contributed by atoms with van der Waals surface area (Å²) in [6.45, 7) is 0.120. The van der Waals surface area contributed by atoms with E-state index < -0.39 is 35.5 Å². The zero-order chi connectivity index (χ0) is 27.3. The minimum absolute atomic E-state index is 0.105. The fraction of sp³-hybridized carbons (Fsp3) is 0.192. The highest BCUT2D eigenvalue weighted by Crippen LogP contribution is 2.42. The van der Waals surface area contributed by atoms with Crippen LogP contribution in [0.3, 0.4) is 0 Å². The number of nitrogens with one attached hydrogen (secondary N) is 2. The van der Waals surface area contributed by atoms with Crippen molar-refractivity contribution >= 4 is 16.9 Å². The van der Waals surface area contributed by atoms with E-state index in [2.05, 4.69) is 20.4 Å². The highest BCUT2D eigenvalue weighted by molar-refractivity contribution is 5.78. The fourth-order valence-corrected chi connectivity index (χ4v) is 4.56. The zero-order valence-corrected chi connectivity index (χ0v) is 20.2. The number of rotatable bonds is 6. The molecule has 6 rings (SSSR count). The Bertz CT molecular complexity index is 1730. The third-order valence-corrected chi connectivity index (χ3v) is 6.45. The van der Waals surface area contributed by atoms with Crippen LogP contribution in [0.4, 0.5) is 23.2 Å². The minimum Gasteiger partial charge on any atom is -0.452 e. The smallest absolute Gasteiger partial charge is 0.433 e. The summed E-state index contributed by atoms with van der Waals surface area (Å²) in [5.74, 6) is -0.593. The Kier molecular flexibility index (Phi) is 5.87. The number of aromatic nitrogens is 5. The Morgan fingerprint density at radius 2 is 1.92 bits per heavy atom. The molecule has 200 valence electrons. The van der Waals surface area contributed by atoms with Crippen molar-refractivity contribution in [2.45, 2.75) is 18.3 Å². The Labute approximate surface area is 217 Å². The lowest BCUT2D eigenvalue weighted by Crippen LogP contribution is -2.44. The zero-order valence-electron chi connectivity index (χ0n) is 20.2. The van der Waals surface area contributed by atoms with Gasteiger partial charge in [0, 0.05) is 36.6 Å². The summed E-state index contributed by atoms with van der Waals surface area (Å²) in [5, 5.41) is 7.02. The number of H-pyrrole nitrogens is 1. The Morgan fingerprint density at radius 3 is 2.62 bits per heavy atom. The summed E-state index contributed by atoms with van der Waals surface area (Å²) in [6.07, 6.45) is -3.06. The van der Waals surface area contributed by atoms with E-state index in [0.717, 1.165) is 10.9 Å². The van der Waals surface area contributed by atoms with E-state index >= 15 is 0 Å². The molecule has 0 aliphatic carbocycles. The number of imidazole rings is 1. The minimum atomic E-state index is -4.68. The molecule has 0 spiro atoms. The summed E-state index contributed by atoms with van der Waals surface area (Å²) in [5.41, 5.74) is -0.176. The van der Waals surface area contributed by atoms with E-state index in [1.54, 1.807) is 24.3 Å². The third kappa shape index (κ3) is 4.40. The van der Waals surface area contributed by atoms with Gasteiger partial charge in [0.1, 0.15) is 11.6 Å². The molecule has 4 heterocycles. The van der Waals surface area contributed by atoms with E-state index in [1.807, 2.05) is 0 Å². The lowest BCUT2D eigenvalue weighted by Gasteiger charge is -2.38. The highest BCUT2D eigenvalue weighted by Gasteiger charge is 2.45. The maximum absolute atomic E-state index is 15.0. The molecule has 5 aromatic rings. The maximum Gasteiger partial charge on any atom is 0.433 e. The van der Waals surface area contributed by atoms with Gasteiger partial charge in [-0.05, 0) is 24.3 Å². The number of nitrogens with zero attached hydrogens (tertiary/aromatic N) is 4. The number of aromatic amines is 1. The maximum atomic E-state index is 15.0. The van der Waals surface area contributed by atoms with Gasteiger partial charge in [-0.1, -0.05) is 18.2 Å². The molecular weight excluding hydrogens is 520 g/mol. The molecule has 2 unspecified atom stereocenters. The van der Waals surface area contributed by atoms with Crippen LogP contribution >= 0.6 is 0 Å². The number of hydrogen-bond acceptors (Lipinski definition) is 6. The average molecular weight is 540 g/mol. The average Bonchev–Trinajstić information content (AvgIpc) is 3.45. The quantitative estimate of drug-likeness (QED) is 0.296. The van der Waals surface area contributed by atoms with Crippen molar-refractivity contribution in [2.75, 3.05) is 11.9 Å². The van der Waals surface area contributed by atoms with Gasteiger partial charge < -0.3 is 14.8 Å². The van der Waals surface area contributed by atoms with Crippen LogP contribution in [-0.2, 0) is 18.0 Å². The summed E-state index contributed by atoms with van der Waals surface area (Å²) in [4.78, 5) is 18.6. The van der Waals surface area contributed by atoms with Crippen molar-refractivity contribution in [2.24, 2.45) is 7.05 Å². The first kappa shape index (κ1) is 24.7. The number of hydrogen-bond donors (Lipinski definition) is 2. The van der Waals surface area contributed by atoms with E-state index in [-0.39, 0.29) is 29.4 Å². The van der Waals surface area contributed by atoms with Crippen LogP contribution in [0.2, 0.25) is 0 Å². The first-order valence-electron chi connectivity index (χ1n) is 11.8. The molecule has 9 nitrogen and oxygen atoms in total. The Balaban J connectivity index is 1.23. The molecule has 1 aliphatic heterocycles. The first-order chi connectivity index (χ1) is 18.7. The van der Waals surface area contributed by atoms with Crippen LogP contribution in [0, 0.1) is 5.82 Å². The SMILES string of the molecule is Cn1c(=O)[nH]c2nccc(Oc3ccc(NC4COC4c4cnn(-c5ccccc5)c4C(F)(F)F)cc3F)c21. The van der Waals surface area contributed by atoms with Crippen LogP contribution in [0.1, 0.15) is 17.4 Å². The number of ether oxygens (including phenoxy) is 2. The van der Waals surface area contributed by atoms with Gasteiger partial charge in [-0.3, -0.25) is 9.55 Å². The molecule has 2 atom stereocenters. The van der Waals surface area contributed by atoms with E-state index in [0.29, 0.717) is 16.9 Å². The van der Waals surface area contributed by atoms with Crippen molar-refractivity contribution in [3.63, 3.8) is 0 Å². The summed E-state index contributed by atoms with van der Waals surface area (Å²) in [6, 6.07) is 13.1. The van der Waals surface area contributed by atoms with Crippen molar-refractivity contribution in [3.8, 4) is 17.2 Å². The number of pyridine rings is 1. The van der Waals surface area contributed by atoms with E-state index in [9.17, 15) is 22.4 Å². The number of para-hydroxylation sites is 1. The number of benzene rings is 2. The molecule has 2 N–H and O–H groups in total. The molecule has 2 aromatic carbocycles. The number of anilines is 1. The van der Waals surface area contributed by atoms with Crippen molar-refractivity contribution in [1.82, 2.24) is 24.3 Å². The summed E-state index contributed by atoms with van der Waals surface area (Å²) < 4.78 is 70.6. The van der Waals surface area contributed by atoms with Gasteiger partial charge in [-0.25, -0.2) is 18.9 Å². The molecule has 13 heteroatoms. The Morgan fingerprint density at radius 1 is 1.13 bits per heavy atom. The molecule has 0 amide bonds. The number of halogens is 4. The van der Waals surface area contributed by atoms with Crippen LogP contribution < -0.4 is 15.7 Å². The number of aryl methyl sites for hydroxylation is 1. The second-order valence-electron chi connectivity index (χ2n) is 8.94. The number of fused-ring (bicyclic) bond motifs is 1. The lowest BCUT2D eigenvalue weighted by atomic mass is 9.97. The Hall–Kier alpha value is -4.65. The second-order valence-corrected chi connectivity index (χ2v) is 8.94. The molecule has 0 saturated carbocycles. The third-order valence-electron chi connectivity index (χ3n) is 6.45. The molecule has 0 radical (unpaired) electrons. The van der Waals surface area contributed by atoms with Gasteiger partial charge in [0.15, 0.2) is 28.7 Å². The highest BCUT2D eigenvalue weighted by atomic mass is 19.4. The van der Waals surface area contributed by atoms with Gasteiger partial charge in [0.25, 0.3) is 0 Å². The first-order valence-corrected chi connectivity index (χ1v) is 11.8. The number of alkyl halides is 3. The summed E-state index contributed by atoms with van der Waals surface area (Å²) in [7, 11) is 1.53. The van der Waals surface area contributed by atoms with Crippen molar-refractivity contribution in [3.05, 3.63) is 94.5 Å². The van der Waals surface area contributed by atoms with Crippen molar-refractivity contribution in [1.29, 1.82) is 0 Å². The van der Waals surface area contributed by atoms with Crippen LogP contribution in [0.5, 0.6) is 11.5 Å². The van der Waals surface area contributed by atoms with Crippen LogP contribution in [0.15, 0.2) is 71.8 Å². The van der Waals surface area contributed by atoms with E-state index in [4.69, 9.17) is 9.47 Å². The summed E-state index contributed by atoms with van der Waals surface area (Å²) >= 11 is 0. The molecule has 3 aromatic heterocycles. The van der Waals surface area contributed by atoms with Crippen LogP contribution in [0.25, 0.3) is 16.9 Å². The van der Waals surface area contributed by atoms with Gasteiger partial charge in [0.2, 0.25) is 0 Å². The van der Waals surface area contributed by atoms with Crippen LogP contribution in [-0.4, -0.2) is 37.0 Å². The lowest BCUT2D eigenvalue weighted by molar-refractivity contribution is -0.147. The molecular formula is C26H20F4N6O3. The van der Waals surface area contributed by atoms with Gasteiger partial charge >= 0.3 is 11.9 Å². The molecule has 1 fully saturated rings.